The number of hydrogen-bond acceptors (Lipinski definition) is 8. The maximum atomic E-state index is 12.1. The Morgan fingerprint density at radius 2 is 2.00 bits per heavy atom. The van der Waals surface area contributed by atoms with Gasteiger partial charge in [0.2, 0.25) is 5.50 Å². The van der Waals surface area contributed by atoms with E-state index in [2.05, 4.69) is 0 Å². The highest BCUT2D eigenvalue weighted by molar-refractivity contribution is 8.14. The molecule has 11 heteroatoms. The minimum atomic E-state index is -1.41. The Kier molecular flexibility index (Phi) is 6.57. The smallest absolute Gasteiger partial charge is 0.345 e. The molecule has 1 fully saturated rings. The highest BCUT2D eigenvalue weighted by atomic mass is 35.5. The summed E-state index contributed by atoms with van der Waals surface area (Å²) >= 11 is 6.86. The lowest BCUT2D eigenvalue weighted by atomic mass is 10.1. The zero-order chi connectivity index (χ0) is 19.4. The van der Waals surface area contributed by atoms with Crippen molar-refractivity contribution in [1.29, 1.82) is 0 Å². The van der Waals surface area contributed by atoms with Gasteiger partial charge in [0.25, 0.3) is 11.6 Å². The zero-order valence-electron chi connectivity index (χ0n) is 13.8. The maximum absolute atomic E-state index is 12.1. The molecule has 1 aromatic carbocycles. The van der Waals surface area contributed by atoms with Gasteiger partial charge in [-0.05, 0) is 17.7 Å². The number of benzene rings is 1. The summed E-state index contributed by atoms with van der Waals surface area (Å²) in [4.78, 5) is 46.5. The van der Waals surface area contributed by atoms with E-state index < -0.39 is 33.8 Å². The van der Waals surface area contributed by atoms with Crippen LogP contribution in [0.25, 0.3) is 0 Å². The topological polar surface area (TPSA) is 116 Å². The van der Waals surface area contributed by atoms with Gasteiger partial charge < -0.3 is 9.47 Å². The molecule has 2 rings (SSSR count). The first-order valence-electron chi connectivity index (χ1n) is 7.32. The minimum Gasteiger partial charge on any atom is -0.458 e. The van der Waals surface area contributed by atoms with E-state index in [1.54, 1.807) is 0 Å². The summed E-state index contributed by atoms with van der Waals surface area (Å²) in [7, 11) is 1.32. The van der Waals surface area contributed by atoms with Gasteiger partial charge in [-0.1, -0.05) is 23.4 Å². The Labute approximate surface area is 157 Å². The van der Waals surface area contributed by atoms with E-state index in [0.717, 1.165) is 16.7 Å². The SMILES string of the molecule is CO[C@H]1C(=O)N(C(Cl)C(=O)OCc2ccc([N+](=O)[O-])cc2)[C@@H]1SC(C)=O. The van der Waals surface area contributed by atoms with Crippen LogP contribution in [0.15, 0.2) is 24.3 Å². The lowest BCUT2D eigenvalue weighted by molar-refractivity contribution is -0.384. The van der Waals surface area contributed by atoms with Crippen molar-refractivity contribution in [1.82, 2.24) is 4.90 Å². The molecule has 1 unspecified atom stereocenters. The molecule has 0 N–H and O–H groups in total. The molecule has 26 heavy (non-hydrogen) atoms. The largest absolute Gasteiger partial charge is 0.458 e. The summed E-state index contributed by atoms with van der Waals surface area (Å²) in [6.07, 6.45) is -0.854. The van der Waals surface area contributed by atoms with Gasteiger partial charge in [-0.15, -0.1) is 0 Å². The third kappa shape index (κ3) is 4.32. The summed E-state index contributed by atoms with van der Waals surface area (Å²) in [6.45, 7) is 1.16. The maximum Gasteiger partial charge on any atom is 0.345 e. The van der Waals surface area contributed by atoms with Crippen LogP contribution >= 0.6 is 23.4 Å². The molecule has 0 spiro atoms. The minimum absolute atomic E-state index is 0.0869. The first-order valence-corrected chi connectivity index (χ1v) is 8.64. The van der Waals surface area contributed by atoms with Crippen LogP contribution < -0.4 is 0 Å². The molecule has 1 saturated heterocycles. The Hall–Kier alpha value is -2.17. The van der Waals surface area contributed by atoms with Crippen molar-refractivity contribution in [2.45, 2.75) is 30.5 Å². The van der Waals surface area contributed by atoms with E-state index in [0.29, 0.717) is 5.56 Å². The fourth-order valence-corrected chi connectivity index (χ4v) is 3.63. The van der Waals surface area contributed by atoms with Gasteiger partial charge in [-0.2, -0.15) is 0 Å². The Morgan fingerprint density at radius 1 is 1.38 bits per heavy atom. The summed E-state index contributed by atoms with van der Waals surface area (Å²) in [5, 5.41) is 9.64. The monoisotopic (exact) mass is 402 g/mol. The number of methoxy groups -OCH3 is 1. The van der Waals surface area contributed by atoms with Crippen molar-refractivity contribution >= 4 is 46.0 Å². The Morgan fingerprint density at radius 3 is 2.50 bits per heavy atom. The number of amides is 1. The van der Waals surface area contributed by atoms with Crippen molar-refractivity contribution < 1.29 is 28.8 Å². The van der Waals surface area contributed by atoms with Gasteiger partial charge in [0.1, 0.15) is 12.0 Å². The Balaban J connectivity index is 1.96. The number of alkyl halides is 1. The second-order valence-electron chi connectivity index (χ2n) is 5.27. The lowest BCUT2D eigenvalue weighted by Gasteiger charge is -2.46. The van der Waals surface area contributed by atoms with Crippen molar-refractivity contribution in [3.63, 3.8) is 0 Å². The van der Waals surface area contributed by atoms with Crippen LogP contribution in [-0.2, 0) is 30.5 Å². The van der Waals surface area contributed by atoms with E-state index in [9.17, 15) is 24.5 Å². The summed E-state index contributed by atoms with van der Waals surface area (Å²) < 4.78 is 10.0. The number of nitro benzene ring substituents is 1. The number of β-lactam (4-membered cyclic amide) rings is 1. The predicted molar refractivity (Wildman–Crippen MR) is 92.2 cm³/mol. The molecule has 1 aliphatic rings. The number of carbonyl (C=O) groups excluding carboxylic acids is 3. The van der Waals surface area contributed by atoms with Gasteiger partial charge >= 0.3 is 5.97 Å². The number of likely N-dealkylation sites (tertiary alicyclic amines) is 1. The van der Waals surface area contributed by atoms with Gasteiger partial charge in [0, 0.05) is 26.2 Å². The van der Waals surface area contributed by atoms with Crippen molar-refractivity contribution in [3.8, 4) is 0 Å². The van der Waals surface area contributed by atoms with Gasteiger partial charge in [0.15, 0.2) is 11.2 Å². The molecule has 3 atom stereocenters. The molecule has 0 saturated carbocycles. The molecule has 0 bridgehead atoms. The molecule has 1 aromatic rings. The molecule has 1 amide bonds. The molecule has 1 aliphatic heterocycles. The van der Waals surface area contributed by atoms with Crippen LogP contribution in [0, 0.1) is 10.1 Å². The highest BCUT2D eigenvalue weighted by Gasteiger charge is 2.53. The Bertz CT molecular complexity index is 727. The number of rotatable bonds is 7. The average molecular weight is 403 g/mol. The summed E-state index contributed by atoms with van der Waals surface area (Å²) in [5.41, 5.74) is -0.979. The van der Waals surface area contributed by atoms with E-state index in [1.165, 1.54) is 38.3 Å². The average Bonchev–Trinajstić information content (AvgIpc) is 2.59. The van der Waals surface area contributed by atoms with Crippen molar-refractivity contribution in [3.05, 3.63) is 39.9 Å². The number of halogens is 1. The summed E-state index contributed by atoms with van der Waals surface area (Å²) in [5.74, 6) is -1.39. The van der Waals surface area contributed by atoms with Crippen LogP contribution in [0.4, 0.5) is 5.69 Å². The normalized spacial score (nSPS) is 20.3. The van der Waals surface area contributed by atoms with Crippen LogP contribution in [-0.4, -0.2) is 50.9 Å². The third-order valence-corrected chi connectivity index (χ3v) is 4.97. The quantitative estimate of drug-likeness (QED) is 0.169. The molecule has 0 radical (unpaired) electrons. The number of carbonyl (C=O) groups is 3. The van der Waals surface area contributed by atoms with Crippen LogP contribution in [0.5, 0.6) is 0 Å². The number of ether oxygens (including phenoxy) is 2. The fraction of sp³-hybridized carbons (Fsp3) is 0.400. The number of nitrogens with zero attached hydrogens (tertiary/aromatic N) is 2. The molecule has 9 nitrogen and oxygen atoms in total. The molecule has 0 aliphatic carbocycles. The fourth-order valence-electron chi connectivity index (χ4n) is 2.26. The van der Waals surface area contributed by atoms with Gasteiger partial charge in [-0.25, -0.2) is 4.79 Å². The van der Waals surface area contributed by atoms with E-state index in [-0.39, 0.29) is 17.4 Å². The number of hydrogen-bond donors (Lipinski definition) is 0. The zero-order valence-corrected chi connectivity index (χ0v) is 15.4. The molecule has 0 aromatic heterocycles. The standard InChI is InChI=1S/C15H15ClN2O7S/c1-8(19)26-14-11(24-2)13(20)17(14)12(16)15(21)25-7-9-3-5-10(6-4-9)18(22)23/h3-6,11-12,14H,7H2,1-2H3/t11-,12?,14+/m0/s1. The third-order valence-electron chi connectivity index (χ3n) is 3.54. The first-order chi connectivity index (χ1) is 12.3. The number of thioether (sulfide) groups is 1. The highest BCUT2D eigenvalue weighted by Crippen LogP contribution is 2.35. The molecule has 140 valence electrons. The van der Waals surface area contributed by atoms with Crippen LogP contribution in [0.3, 0.4) is 0 Å². The second kappa shape index (κ2) is 8.47. The molecular formula is C15H15ClN2O7S. The second-order valence-corrected chi connectivity index (χ2v) is 6.98. The number of non-ortho nitro benzene ring substituents is 1. The van der Waals surface area contributed by atoms with Gasteiger partial charge in [-0.3, -0.25) is 24.6 Å². The summed E-state index contributed by atoms with van der Waals surface area (Å²) in [6, 6.07) is 5.45. The van der Waals surface area contributed by atoms with Crippen LogP contribution in [0.2, 0.25) is 0 Å². The van der Waals surface area contributed by atoms with Crippen LogP contribution in [0.1, 0.15) is 12.5 Å². The van der Waals surface area contributed by atoms with Crippen molar-refractivity contribution in [2.75, 3.05) is 7.11 Å². The van der Waals surface area contributed by atoms with Gasteiger partial charge in [0.05, 0.1) is 4.92 Å². The van der Waals surface area contributed by atoms with Crippen molar-refractivity contribution in [2.24, 2.45) is 0 Å². The number of esters is 1. The van der Waals surface area contributed by atoms with E-state index in [1.807, 2.05) is 0 Å². The molecule has 1 heterocycles. The predicted octanol–water partition coefficient (Wildman–Crippen LogP) is 1.67. The van der Waals surface area contributed by atoms with E-state index >= 15 is 0 Å². The molecular weight excluding hydrogens is 388 g/mol. The first kappa shape index (κ1) is 20.1. The lowest BCUT2D eigenvalue weighted by Crippen LogP contribution is -2.67. The van der Waals surface area contributed by atoms with E-state index in [4.69, 9.17) is 21.1 Å². The number of nitro groups is 1.